The zero-order chi connectivity index (χ0) is 16.8. The molecule has 1 aromatic heterocycles. The van der Waals surface area contributed by atoms with Crippen LogP contribution >= 0.6 is 0 Å². The van der Waals surface area contributed by atoms with E-state index in [2.05, 4.69) is 83.5 Å². The second-order valence-electron chi connectivity index (χ2n) is 6.62. The van der Waals surface area contributed by atoms with Crippen LogP contribution in [0.2, 0.25) is 0 Å². The summed E-state index contributed by atoms with van der Waals surface area (Å²) in [5.41, 5.74) is 8.76. The lowest BCUT2D eigenvalue weighted by Crippen LogP contribution is -2.21. The molecule has 2 heterocycles. The number of aromatic nitrogens is 1. The van der Waals surface area contributed by atoms with Crippen LogP contribution in [0.3, 0.4) is 0 Å². The van der Waals surface area contributed by atoms with Gasteiger partial charge in [-0.05, 0) is 36.2 Å². The molecule has 0 aliphatic carbocycles. The summed E-state index contributed by atoms with van der Waals surface area (Å²) in [6, 6.07) is 26.0. The lowest BCUT2D eigenvalue weighted by atomic mass is 9.91. The first kappa shape index (κ1) is 14.2. The van der Waals surface area contributed by atoms with E-state index in [1.807, 2.05) is 12.3 Å². The molecule has 3 aromatic carbocycles. The van der Waals surface area contributed by atoms with Crippen LogP contribution in [0.1, 0.15) is 11.1 Å². The molecule has 25 heavy (non-hydrogen) atoms. The monoisotopic (exact) mass is 322 g/mol. The van der Waals surface area contributed by atoms with Crippen LogP contribution in [0.5, 0.6) is 0 Å². The number of nitrogens with zero attached hydrogens (tertiary/aromatic N) is 2. The van der Waals surface area contributed by atoms with Crippen molar-refractivity contribution in [3.63, 3.8) is 0 Å². The summed E-state index contributed by atoms with van der Waals surface area (Å²) in [7, 11) is 0. The maximum atomic E-state index is 4.66. The summed E-state index contributed by atoms with van der Waals surface area (Å²) in [6.07, 6.45) is 1.87. The van der Waals surface area contributed by atoms with E-state index in [1.54, 1.807) is 0 Å². The molecule has 0 saturated carbocycles. The summed E-state index contributed by atoms with van der Waals surface area (Å²) in [5, 5.41) is 1.17. The van der Waals surface area contributed by atoms with Gasteiger partial charge in [0.2, 0.25) is 0 Å². The van der Waals surface area contributed by atoms with E-state index in [1.165, 1.54) is 33.3 Å². The van der Waals surface area contributed by atoms with Gasteiger partial charge in [0, 0.05) is 29.4 Å². The Morgan fingerprint density at radius 2 is 1.64 bits per heavy atom. The number of hydrogen-bond acceptors (Lipinski definition) is 2. The lowest BCUT2D eigenvalue weighted by Gasteiger charge is -2.33. The van der Waals surface area contributed by atoms with Crippen molar-refractivity contribution in [3.05, 3.63) is 90.1 Å². The molecule has 0 bridgehead atoms. The van der Waals surface area contributed by atoms with Crippen molar-refractivity contribution in [2.75, 3.05) is 4.90 Å². The SMILES string of the molecule is Cc1ccc2c(c1)-c1ccccc1N(c1cccc3cccnc13)C2. The van der Waals surface area contributed by atoms with E-state index in [4.69, 9.17) is 0 Å². The number of para-hydroxylation sites is 2. The van der Waals surface area contributed by atoms with Crippen LogP contribution in [-0.2, 0) is 6.54 Å². The largest absolute Gasteiger partial charge is 0.335 e. The minimum absolute atomic E-state index is 0.863. The van der Waals surface area contributed by atoms with Gasteiger partial charge in [-0.1, -0.05) is 60.2 Å². The normalized spacial score (nSPS) is 12.8. The Hall–Kier alpha value is -3.13. The quantitative estimate of drug-likeness (QED) is 0.436. The molecule has 0 amide bonds. The molecule has 0 saturated heterocycles. The molecular weight excluding hydrogens is 304 g/mol. The van der Waals surface area contributed by atoms with Gasteiger partial charge in [0.05, 0.1) is 11.2 Å². The minimum Gasteiger partial charge on any atom is -0.335 e. The maximum absolute atomic E-state index is 4.66. The Labute approximate surface area is 147 Å². The smallest absolute Gasteiger partial charge is 0.0938 e. The highest BCUT2D eigenvalue weighted by atomic mass is 15.1. The van der Waals surface area contributed by atoms with Gasteiger partial charge in [0.1, 0.15) is 0 Å². The van der Waals surface area contributed by atoms with Crippen molar-refractivity contribution < 1.29 is 0 Å². The van der Waals surface area contributed by atoms with Crippen LogP contribution in [0.25, 0.3) is 22.0 Å². The number of benzene rings is 3. The zero-order valence-corrected chi connectivity index (χ0v) is 14.1. The summed E-state index contributed by atoms with van der Waals surface area (Å²) in [4.78, 5) is 7.05. The van der Waals surface area contributed by atoms with E-state index in [0.717, 1.165) is 17.7 Å². The van der Waals surface area contributed by atoms with Gasteiger partial charge in [-0.15, -0.1) is 0 Å². The fourth-order valence-corrected chi connectivity index (χ4v) is 3.79. The molecule has 5 rings (SSSR count). The van der Waals surface area contributed by atoms with Crippen LogP contribution < -0.4 is 4.90 Å². The van der Waals surface area contributed by atoms with Crippen molar-refractivity contribution in [2.45, 2.75) is 13.5 Å². The van der Waals surface area contributed by atoms with Crippen LogP contribution in [0, 0.1) is 6.92 Å². The summed E-state index contributed by atoms with van der Waals surface area (Å²) in [6.45, 7) is 3.02. The van der Waals surface area contributed by atoms with E-state index in [9.17, 15) is 0 Å². The average molecular weight is 322 g/mol. The lowest BCUT2D eigenvalue weighted by molar-refractivity contribution is 0.962. The zero-order valence-electron chi connectivity index (χ0n) is 14.1. The second-order valence-corrected chi connectivity index (χ2v) is 6.62. The minimum atomic E-state index is 0.863. The molecule has 0 fully saturated rings. The number of anilines is 2. The van der Waals surface area contributed by atoms with Crippen molar-refractivity contribution in [3.8, 4) is 11.1 Å². The number of fused-ring (bicyclic) bond motifs is 4. The van der Waals surface area contributed by atoms with Gasteiger partial charge >= 0.3 is 0 Å². The third kappa shape index (κ3) is 2.22. The first-order valence-electron chi connectivity index (χ1n) is 8.61. The highest BCUT2D eigenvalue weighted by Gasteiger charge is 2.24. The van der Waals surface area contributed by atoms with E-state index < -0.39 is 0 Å². The van der Waals surface area contributed by atoms with Crippen molar-refractivity contribution in [1.82, 2.24) is 4.98 Å². The highest BCUT2D eigenvalue weighted by Crippen LogP contribution is 2.44. The molecule has 120 valence electrons. The van der Waals surface area contributed by atoms with Crippen LogP contribution in [0.4, 0.5) is 11.4 Å². The van der Waals surface area contributed by atoms with Gasteiger partial charge in [-0.2, -0.15) is 0 Å². The first-order valence-corrected chi connectivity index (χ1v) is 8.61. The molecule has 2 nitrogen and oxygen atoms in total. The molecule has 0 spiro atoms. The Bertz CT molecular complexity index is 1090. The molecule has 1 aliphatic heterocycles. The summed E-state index contributed by atoms with van der Waals surface area (Å²) >= 11 is 0. The van der Waals surface area contributed by atoms with E-state index in [-0.39, 0.29) is 0 Å². The van der Waals surface area contributed by atoms with Crippen LogP contribution in [0.15, 0.2) is 79.0 Å². The Kier molecular flexibility index (Phi) is 3.10. The standard InChI is InChI=1S/C23H18N2/c1-16-11-12-18-15-25(21-9-3-2-8-19(21)20(18)14-16)22-10-4-6-17-7-5-13-24-23(17)22/h2-14H,15H2,1H3. The molecule has 1 aliphatic rings. The fourth-order valence-electron chi connectivity index (χ4n) is 3.79. The third-order valence-electron chi connectivity index (χ3n) is 4.98. The molecule has 0 N–H and O–H groups in total. The topological polar surface area (TPSA) is 16.1 Å². The van der Waals surface area contributed by atoms with E-state index >= 15 is 0 Å². The van der Waals surface area contributed by atoms with Crippen LogP contribution in [-0.4, -0.2) is 4.98 Å². The highest BCUT2D eigenvalue weighted by molar-refractivity contribution is 5.96. The molecule has 0 unspecified atom stereocenters. The fraction of sp³-hybridized carbons (Fsp3) is 0.0870. The third-order valence-corrected chi connectivity index (χ3v) is 4.98. The Morgan fingerprint density at radius 1 is 0.800 bits per heavy atom. The predicted octanol–water partition coefficient (Wildman–Crippen LogP) is 5.86. The number of aryl methyl sites for hydroxylation is 1. The van der Waals surface area contributed by atoms with Gasteiger partial charge in [0.15, 0.2) is 0 Å². The number of rotatable bonds is 1. The molecule has 0 radical (unpaired) electrons. The summed E-state index contributed by atoms with van der Waals surface area (Å²) in [5.74, 6) is 0. The van der Waals surface area contributed by atoms with Crippen molar-refractivity contribution in [2.24, 2.45) is 0 Å². The maximum Gasteiger partial charge on any atom is 0.0938 e. The summed E-state index contributed by atoms with van der Waals surface area (Å²) < 4.78 is 0. The molecule has 2 heteroatoms. The van der Waals surface area contributed by atoms with Gasteiger partial charge in [-0.3, -0.25) is 4.98 Å². The molecule has 4 aromatic rings. The Balaban J connectivity index is 1.77. The second kappa shape index (κ2) is 5.45. The van der Waals surface area contributed by atoms with Crippen molar-refractivity contribution >= 4 is 22.3 Å². The average Bonchev–Trinajstić information content (AvgIpc) is 2.67. The predicted molar refractivity (Wildman–Crippen MR) is 104 cm³/mol. The first-order chi connectivity index (χ1) is 12.3. The molecular formula is C23H18N2. The van der Waals surface area contributed by atoms with Crippen molar-refractivity contribution in [1.29, 1.82) is 0 Å². The van der Waals surface area contributed by atoms with Gasteiger partial charge in [0.25, 0.3) is 0 Å². The Morgan fingerprint density at radius 3 is 2.60 bits per heavy atom. The number of hydrogen-bond donors (Lipinski definition) is 0. The van der Waals surface area contributed by atoms with Gasteiger partial charge < -0.3 is 4.90 Å². The number of pyridine rings is 1. The molecule has 0 atom stereocenters. The van der Waals surface area contributed by atoms with E-state index in [0.29, 0.717) is 0 Å². The van der Waals surface area contributed by atoms with Gasteiger partial charge in [-0.25, -0.2) is 0 Å².